The number of ether oxygens (including phenoxy) is 1. The number of rotatable bonds is 3. The van der Waals surface area contributed by atoms with Crippen LogP contribution in [0.2, 0.25) is 0 Å². The van der Waals surface area contributed by atoms with Gasteiger partial charge in [0.1, 0.15) is 11.9 Å². The zero-order valence-electron chi connectivity index (χ0n) is 10.8. The van der Waals surface area contributed by atoms with Gasteiger partial charge in [0.15, 0.2) is 0 Å². The maximum atomic E-state index is 6.11. The lowest BCUT2D eigenvalue weighted by Crippen LogP contribution is -2.28. The first-order valence-electron chi connectivity index (χ1n) is 5.99. The SMILES string of the molecule is CCC(OC1=CCCC=C1C)C(C)(C)C. The minimum Gasteiger partial charge on any atom is -0.490 e. The van der Waals surface area contributed by atoms with Crippen molar-refractivity contribution in [3.63, 3.8) is 0 Å². The molecule has 1 heteroatoms. The van der Waals surface area contributed by atoms with E-state index in [2.05, 4.69) is 46.8 Å². The smallest absolute Gasteiger partial charge is 0.118 e. The van der Waals surface area contributed by atoms with E-state index in [1.165, 1.54) is 5.57 Å². The highest BCUT2D eigenvalue weighted by atomic mass is 16.5. The fourth-order valence-corrected chi connectivity index (χ4v) is 1.94. The zero-order chi connectivity index (χ0) is 11.5. The standard InChI is InChI=1S/C14H24O/c1-6-13(14(3,4)5)15-12-10-8-7-9-11(12)2/h9-10,13H,6-8H2,1-5H3. The van der Waals surface area contributed by atoms with Crippen molar-refractivity contribution < 1.29 is 4.74 Å². The van der Waals surface area contributed by atoms with Crippen LogP contribution in [0.15, 0.2) is 23.5 Å². The summed E-state index contributed by atoms with van der Waals surface area (Å²) >= 11 is 0. The van der Waals surface area contributed by atoms with Crippen molar-refractivity contribution in [2.24, 2.45) is 5.41 Å². The van der Waals surface area contributed by atoms with Crippen LogP contribution >= 0.6 is 0 Å². The van der Waals surface area contributed by atoms with Gasteiger partial charge in [-0.05, 0) is 43.3 Å². The lowest BCUT2D eigenvalue weighted by molar-refractivity contribution is 0.0274. The molecule has 1 rings (SSSR count). The quantitative estimate of drug-likeness (QED) is 0.665. The summed E-state index contributed by atoms with van der Waals surface area (Å²) < 4.78 is 6.11. The molecule has 0 aliphatic heterocycles. The van der Waals surface area contributed by atoms with E-state index in [-0.39, 0.29) is 5.41 Å². The Bertz CT molecular complexity index is 266. The molecule has 0 heterocycles. The van der Waals surface area contributed by atoms with E-state index in [0.717, 1.165) is 25.0 Å². The summed E-state index contributed by atoms with van der Waals surface area (Å²) in [5.41, 5.74) is 1.51. The Balaban J connectivity index is 2.67. The van der Waals surface area contributed by atoms with E-state index in [1.54, 1.807) is 0 Å². The van der Waals surface area contributed by atoms with Gasteiger partial charge in [0.05, 0.1) is 0 Å². The second kappa shape index (κ2) is 4.87. The highest BCUT2D eigenvalue weighted by molar-refractivity contribution is 5.27. The van der Waals surface area contributed by atoms with Crippen LogP contribution in [0.5, 0.6) is 0 Å². The van der Waals surface area contributed by atoms with Gasteiger partial charge in [-0.25, -0.2) is 0 Å². The van der Waals surface area contributed by atoms with E-state index in [9.17, 15) is 0 Å². The molecular weight excluding hydrogens is 184 g/mol. The third-order valence-corrected chi connectivity index (χ3v) is 2.94. The summed E-state index contributed by atoms with van der Waals surface area (Å²) in [4.78, 5) is 0. The van der Waals surface area contributed by atoms with E-state index in [0.29, 0.717) is 6.10 Å². The van der Waals surface area contributed by atoms with Crippen LogP contribution in [0.4, 0.5) is 0 Å². The van der Waals surface area contributed by atoms with Gasteiger partial charge in [0.2, 0.25) is 0 Å². The summed E-state index contributed by atoms with van der Waals surface area (Å²) in [6, 6.07) is 0. The molecule has 86 valence electrons. The van der Waals surface area contributed by atoms with Crippen molar-refractivity contribution in [2.75, 3.05) is 0 Å². The maximum Gasteiger partial charge on any atom is 0.118 e. The van der Waals surface area contributed by atoms with Crippen molar-refractivity contribution in [3.8, 4) is 0 Å². The number of hydrogen-bond acceptors (Lipinski definition) is 1. The van der Waals surface area contributed by atoms with Crippen LogP contribution < -0.4 is 0 Å². The molecule has 0 aromatic rings. The highest BCUT2D eigenvalue weighted by Crippen LogP contribution is 2.30. The molecule has 1 aliphatic rings. The predicted octanol–water partition coefficient (Wildman–Crippen LogP) is 4.45. The van der Waals surface area contributed by atoms with Gasteiger partial charge in [-0.1, -0.05) is 33.8 Å². The van der Waals surface area contributed by atoms with Crippen molar-refractivity contribution >= 4 is 0 Å². The number of hydrogen-bond donors (Lipinski definition) is 0. The number of allylic oxidation sites excluding steroid dienone is 3. The maximum absolute atomic E-state index is 6.11. The first-order valence-corrected chi connectivity index (χ1v) is 5.99. The molecule has 0 spiro atoms. The van der Waals surface area contributed by atoms with Gasteiger partial charge in [-0.2, -0.15) is 0 Å². The van der Waals surface area contributed by atoms with Crippen LogP contribution in [0.1, 0.15) is 53.9 Å². The molecule has 0 N–H and O–H groups in total. The van der Waals surface area contributed by atoms with Gasteiger partial charge in [0.25, 0.3) is 0 Å². The van der Waals surface area contributed by atoms with Crippen molar-refractivity contribution in [2.45, 2.75) is 60.0 Å². The predicted molar refractivity (Wildman–Crippen MR) is 65.7 cm³/mol. The average Bonchev–Trinajstić information content (AvgIpc) is 2.14. The molecule has 1 atom stereocenters. The van der Waals surface area contributed by atoms with Crippen LogP contribution in [-0.2, 0) is 4.74 Å². The van der Waals surface area contributed by atoms with Gasteiger partial charge in [-0.3, -0.25) is 0 Å². The molecule has 0 saturated heterocycles. The van der Waals surface area contributed by atoms with Gasteiger partial charge in [-0.15, -0.1) is 0 Å². The van der Waals surface area contributed by atoms with Crippen LogP contribution in [0.25, 0.3) is 0 Å². The Hall–Kier alpha value is -0.720. The Kier molecular flexibility index (Phi) is 4.01. The molecule has 0 amide bonds. The molecule has 15 heavy (non-hydrogen) atoms. The third kappa shape index (κ3) is 3.40. The first-order chi connectivity index (χ1) is 6.95. The largest absolute Gasteiger partial charge is 0.490 e. The van der Waals surface area contributed by atoms with Crippen molar-refractivity contribution in [1.29, 1.82) is 0 Å². The fourth-order valence-electron chi connectivity index (χ4n) is 1.94. The minimum absolute atomic E-state index is 0.216. The molecule has 0 bridgehead atoms. The molecule has 0 aromatic carbocycles. The van der Waals surface area contributed by atoms with E-state index >= 15 is 0 Å². The lowest BCUT2D eigenvalue weighted by atomic mass is 9.87. The second-order valence-corrected chi connectivity index (χ2v) is 5.41. The van der Waals surface area contributed by atoms with Crippen molar-refractivity contribution in [3.05, 3.63) is 23.5 Å². The summed E-state index contributed by atoms with van der Waals surface area (Å²) in [6.07, 6.45) is 8.14. The normalized spacial score (nSPS) is 19.3. The van der Waals surface area contributed by atoms with Crippen molar-refractivity contribution in [1.82, 2.24) is 0 Å². The highest BCUT2D eigenvalue weighted by Gasteiger charge is 2.25. The Morgan fingerprint density at radius 2 is 1.87 bits per heavy atom. The molecule has 0 aromatic heterocycles. The molecule has 0 fully saturated rings. The van der Waals surface area contributed by atoms with Gasteiger partial charge < -0.3 is 4.74 Å². The summed E-state index contributed by atoms with van der Waals surface area (Å²) in [6.45, 7) is 11.1. The first kappa shape index (κ1) is 12.4. The third-order valence-electron chi connectivity index (χ3n) is 2.94. The van der Waals surface area contributed by atoms with Crippen LogP contribution in [0, 0.1) is 5.41 Å². The Morgan fingerprint density at radius 3 is 2.33 bits per heavy atom. The second-order valence-electron chi connectivity index (χ2n) is 5.41. The zero-order valence-corrected chi connectivity index (χ0v) is 10.8. The average molecular weight is 208 g/mol. The Labute approximate surface area is 94.2 Å². The molecular formula is C14H24O. The van der Waals surface area contributed by atoms with Crippen LogP contribution in [-0.4, -0.2) is 6.10 Å². The molecule has 1 nitrogen and oxygen atoms in total. The molecule has 1 unspecified atom stereocenters. The lowest BCUT2D eigenvalue weighted by Gasteiger charge is -2.32. The summed E-state index contributed by atoms with van der Waals surface area (Å²) in [7, 11) is 0. The van der Waals surface area contributed by atoms with Gasteiger partial charge >= 0.3 is 0 Å². The van der Waals surface area contributed by atoms with E-state index in [4.69, 9.17) is 4.74 Å². The minimum atomic E-state index is 0.216. The molecule has 0 radical (unpaired) electrons. The van der Waals surface area contributed by atoms with Crippen LogP contribution in [0.3, 0.4) is 0 Å². The van der Waals surface area contributed by atoms with E-state index in [1.807, 2.05) is 0 Å². The summed E-state index contributed by atoms with van der Waals surface area (Å²) in [5.74, 6) is 1.10. The Morgan fingerprint density at radius 1 is 1.27 bits per heavy atom. The van der Waals surface area contributed by atoms with Gasteiger partial charge in [0, 0.05) is 0 Å². The topological polar surface area (TPSA) is 9.23 Å². The summed E-state index contributed by atoms with van der Waals surface area (Å²) in [5, 5.41) is 0. The monoisotopic (exact) mass is 208 g/mol. The molecule has 0 saturated carbocycles. The van der Waals surface area contributed by atoms with E-state index < -0.39 is 0 Å². The fraction of sp³-hybridized carbons (Fsp3) is 0.714. The molecule has 1 aliphatic carbocycles.